The van der Waals surface area contributed by atoms with Crippen LogP contribution in [0.1, 0.15) is 49.7 Å². The molecule has 34 heavy (non-hydrogen) atoms. The lowest BCUT2D eigenvalue weighted by atomic mass is 9.82. The number of benzene rings is 2. The third kappa shape index (κ3) is 5.85. The zero-order valence-electron chi connectivity index (χ0n) is 20.3. The number of hydrogen-bond acceptors (Lipinski definition) is 8. The molecule has 0 aliphatic rings. The van der Waals surface area contributed by atoms with Gasteiger partial charge >= 0.3 is 0 Å². The monoisotopic (exact) mass is 481 g/mol. The maximum absolute atomic E-state index is 12.4. The number of aromatic nitrogens is 2. The molecule has 1 heterocycles. The minimum Gasteiger partial charge on any atom is -0.505 e. The van der Waals surface area contributed by atoms with Gasteiger partial charge in [-0.3, -0.25) is 4.79 Å². The Balaban J connectivity index is 1.86. The summed E-state index contributed by atoms with van der Waals surface area (Å²) in [7, 11) is 3.28. The summed E-state index contributed by atoms with van der Waals surface area (Å²) >= 11 is 1.06. The van der Waals surface area contributed by atoms with Gasteiger partial charge in [0.15, 0.2) is 17.4 Å². The van der Waals surface area contributed by atoms with E-state index in [1.807, 2.05) is 37.3 Å². The van der Waals surface area contributed by atoms with Crippen molar-refractivity contribution >= 4 is 35.0 Å². The van der Waals surface area contributed by atoms with Crippen molar-refractivity contribution in [2.24, 2.45) is 5.41 Å². The second kappa shape index (κ2) is 10.6. The maximum Gasteiger partial charge on any atom is 0.257 e. The van der Waals surface area contributed by atoms with Gasteiger partial charge in [-0.25, -0.2) is 0 Å². The van der Waals surface area contributed by atoms with Crippen LogP contribution in [0, 0.1) is 5.41 Å². The number of anilines is 3. The standard InChI is InChI=1S/C25H31N5O3S/c1-7-15-33-17-13-11-16(12-14-17)21(25(2,3)4)27-23-22(28-34-29-23)26-19-10-8-9-18(20(19)31)24(32)30(5)6/h7-15,21,31H,1-6H3,(H,26,28)(H,27,29)/b15-7-. The number of carbonyl (C=O) groups excluding carboxylic acids is 1. The highest BCUT2D eigenvalue weighted by Crippen LogP contribution is 2.39. The van der Waals surface area contributed by atoms with Gasteiger partial charge in [0.25, 0.3) is 5.91 Å². The van der Waals surface area contributed by atoms with Crippen molar-refractivity contribution in [2.45, 2.75) is 33.7 Å². The molecule has 0 fully saturated rings. The number of hydrogen-bond donors (Lipinski definition) is 3. The number of aromatic hydroxyl groups is 1. The fourth-order valence-corrected chi connectivity index (χ4v) is 3.85. The second-order valence-electron chi connectivity index (χ2n) is 9.09. The van der Waals surface area contributed by atoms with Crippen LogP contribution in [0.3, 0.4) is 0 Å². The second-order valence-corrected chi connectivity index (χ2v) is 9.62. The van der Waals surface area contributed by atoms with Gasteiger partial charge in [-0.2, -0.15) is 8.75 Å². The Bertz CT molecular complexity index is 1150. The van der Waals surface area contributed by atoms with Crippen molar-refractivity contribution < 1.29 is 14.6 Å². The Kier molecular flexibility index (Phi) is 7.78. The summed E-state index contributed by atoms with van der Waals surface area (Å²) in [6.45, 7) is 8.33. The minimum atomic E-state index is -0.287. The molecule has 0 spiro atoms. The first-order valence-corrected chi connectivity index (χ1v) is 11.6. The molecule has 0 radical (unpaired) electrons. The summed E-state index contributed by atoms with van der Waals surface area (Å²) in [5.41, 5.74) is 1.51. The van der Waals surface area contributed by atoms with Crippen LogP contribution in [-0.4, -0.2) is 38.8 Å². The van der Waals surface area contributed by atoms with Gasteiger partial charge in [-0.05, 0) is 42.2 Å². The third-order valence-electron chi connectivity index (χ3n) is 5.11. The molecule has 0 saturated carbocycles. The molecule has 0 saturated heterocycles. The van der Waals surface area contributed by atoms with Crippen molar-refractivity contribution in [1.29, 1.82) is 0 Å². The third-order valence-corrected chi connectivity index (χ3v) is 5.64. The molecular formula is C25H31N5O3S. The summed E-state index contributed by atoms with van der Waals surface area (Å²) in [6.07, 6.45) is 3.48. The number of nitrogens with zero attached hydrogens (tertiary/aromatic N) is 3. The Morgan fingerprint density at radius 1 is 1.12 bits per heavy atom. The molecule has 3 aromatic rings. The Morgan fingerprint density at radius 2 is 1.79 bits per heavy atom. The van der Waals surface area contributed by atoms with E-state index < -0.39 is 0 Å². The van der Waals surface area contributed by atoms with Crippen LogP contribution in [0.4, 0.5) is 17.3 Å². The predicted molar refractivity (Wildman–Crippen MR) is 137 cm³/mol. The molecule has 0 aliphatic carbocycles. The molecule has 1 atom stereocenters. The van der Waals surface area contributed by atoms with Gasteiger partial charge in [-0.15, -0.1) is 0 Å². The average Bonchev–Trinajstić information content (AvgIpc) is 3.23. The largest absolute Gasteiger partial charge is 0.505 e. The summed E-state index contributed by atoms with van der Waals surface area (Å²) < 4.78 is 14.3. The predicted octanol–water partition coefficient (Wildman–Crippen LogP) is 5.80. The van der Waals surface area contributed by atoms with Crippen LogP contribution in [-0.2, 0) is 0 Å². The summed E-state index contributed by atoms with van der Waals surface area (Å²) in [6, 6.07) is 12.8. The molecule has 9 heteroatoms. The quantitative estimate of drug-likeness (QED) is 0.276. The normalized spacial score (nSPS) is 12.4. The minimum absolute atomic E-state index is 0.0806. The number of para-hydroxylation sites is 1. The van der Waals surface area contributed by atoms with Crippen LogP contribution in [0.15, 0.2) is 54.8 Å². The van der Waals surface area contributed by atoms with E-state index in [1.54, 1.807) is 38.6 Å². The molecule has 1 amide bonds. The first kappa shape index (κ1) is 25.0. The molecular weight excluding hydrogens is 450 g/mol. The number of amides is 1. The molecule has 1 aromatic heterocycles. The number of ether oxygens (including phenoxy) is 1. The number of phenols is 1. The fourth-order valence-electron chi connectivity index (χ4n) is 3.37. The Morgan fingerprint density at radius 3 is 2.41 bits per heavy atom. The van der Waals surface area contributed by atoms with Gasteiger partial charge in [0, 0.05) is 14.1 Å². The lowest BCUT2D eigenvalue weighted by Gasteiger charge is -2.32. The Labute approximate surface area is 204 Å². The summed E-state index contributed by atoms with van der Waals surface area (Å²) in [5, 5.41) is 17.3. The average molecular weight is 482 g/mol. The highest BCUT2D eigenvalue weighted by atomic mass is 32.1. The molecule has 1 unspecified atom stereocenters. The highest BCUT2D eigenvalue weighted by molar-refractivity contribution is 6.99. The van der Waals surface area contributed by atoms with Crippen LogP contribution < -0.4 is 15.4 Å². The molecule has 8 nitrogen and oxygen atoms in total. The summed E-state index contributed by atoms with van der Waals surface area (Å²) in [4.78, 5) is 13.8. The van der Waals surface area contributed by atoms with Crippen LogP contribution in [0.25, 0.3) is 0 Å². The smallest absolute Gasteiger partial charge is 0.257 e. The number of phenolic OH excluding ortho intramolecular Hbond substituents is 1. The highest BCUT2D eigenvalue weighted by Gasteiger charge is 2.28. The SMILES string of the molecule is C/C=C\Oc1ccc(C(Nc2nsnc2Nc2cccc(C(=O)N(C)C)c2O)C(C)(C)C)cc1. The van der Waals surface area contributed by atoms with E-state index >= 15 is 0 Å². The molecule has 2 aromatic carbocycles. The van der Waals surface area contributed by atoms with Gasteiger partial charge in [0.2, 0.25) is 0 Å². The van der Waals surface area contributed by atoms with Gasteiger partial charge < -0.3 is 25.4 Å². The van der Waals surface area contributed by atoms with E-state index in [1.165, 1.54) is 4.90 Å². The van der Waals surface area contributed by atoms with Crippen molar-refractivity contribution in [3.05, 3.63) is 65.9 Å². The lowest BCUT2D eigenvalue weighted by Crippen LogP contribution is -2.26. The first-order valence-electron chi connectivity index (χ1n) is 10.9. The van der Waals surface area contributed by atoms with E-state index in [9.17, 15) is 9.90 Å². The van der Waals surface area contributed by atoms with Crippen molar-refractivity contribution in [3.8, 4) is 11.5 Å². The van der Waals surface area contributed by atoms with Gasteiger partial charge in [0.1, 0.15) is 5.75 Å². The topological polar surface area (TPSA) is 99.6 Å². The van der Waals surface area contributed by atoms with Crippen LogP contribution in [0.2, 0.25) is 0 Å². The first-order chi connectivity index (χ1) is 16.1. The number of nitrogens with one attached hydrogen (secondary N) is 2. The van der Waals surface area contributed by atoms with Gasteiger partial charge in [-0.1, -0.05) is 45.0 Å². The van der Waals surface area contributed by atoms with E-state index in [2.05, 4.69) is 40.2 Å². The number of rotatable bonds is 8. The molecule has 3 N–H and O–H groups in total. The molecule has 180 valence electrons. The van der Waals surface area contributed by atoms with E-state index in [4.69, 9.17) is 4.74 Å². The zero-order chi connectivity index (χ0) is 24.9. The fraction of sp³-hybridized carbons (Fsp3) is 0.320. The van der Waals surface area contributed by atoms with Crippen LogP contribution in [0.5, 0.6) is 11.5 Å². The zero-order valence-corrected chi connectivity index (χ0v) is 21.1. The molecule has 0 bridgehead atoms. The van der Waals surface area contributed by atoms with E-state index in [-0.39, 0.29) is 28.7 Å². The van der Waals surface area contributed by atoms with Crippen molar-refractivity contribution in [3.63, 3.8) is 0 Å². The van der Waals surface area contributed by atoms with Crippen molar-refractivity contribution in [2.75, 3.05) is 24.7 Å². The number of allylic oxidation sites excluding steroid dienone is 1. The Hall–Kier alpha value is -3.59. The van der Waals surface area contributed by atoms with Crippen molar-refractivity contribution in [1.82, 2.24) is 13.6 Å². The molecule has 3 rings (SSSR count). The van der Waals surface area contributed by atoms with E-state index in [0.717, 1.165) is 23.0 Å². The van der Waals surface area contributed by atoms with Crippen LogP contribution >= 0.6 is 11.7 Å². The lowest BCUT2D eigenvalue weighted by molar-refractivity contribution is 0.0824. The summed E-state index contributed by atoms with van der Waals surface area (Å²) in [5.74, 6) is 1.37. The van der Waals surface area contributed by atoms with E-state index in [0.29, 0.717) is 17.3 Å². The maximum atomic E-state index is 12.4. The van der Waals surface area contributed by atoms with Gasteiger partial charge in [0.05, 0.1) is 35.3 Å². The molecule has 0 aliphatic heterocycles. The number of carbonyl (C=O) groups is 1.